The summed E-state index contributed by atoms with van der Waals surface area (Å²) in [5.74, 6) is 1.66. The maximum absolute atomic E-state index is 6.15. The van der Waals surface area contributed by atoms with Crippen molar-refractivity contribution in [2.45, 2.75) is 39.5 Å². The molecule has 27 heavy (non-hydrogen) atoms. The minimum Gasteiger partial charge on any atom is -0.488 e. The molecule has 1 aromatic carbocycles. The Kier molecular flexibility index (Phi) is 8.86. The lowest BCUT2D eigenvalue weighted by Gasteiger charge is -2.16. The van der Waals surface area contributed by atoms with Gasteiger partial charge in [-0.3, -0.25) is 5.10 Å². The van der Waals surface area contributed by atoms with Crippen LogP contribution >= 0.6 is 24.0 Å². The van der Waals surface area contributed by atoms with Crippen LogP contribution in [0.15, 0.2) is 35.5 Å². The fraction of sp³-hybridized carbons (Fsp3) is 0.474. The summed E-state index contributed by atoms with van der Waals surface area (Å²) in [5.41, 5.74) is 3.26. The van der Waals surface area contributed by atoms with E-state index in [9.17, 15) is 0 Å². The molecule has 148 valence electrons. The minimum absolute atomic E-state index is 0. The molecular weight excluding hydrogens is 457 g/mol. The molecule has 1 aliphatic rings. The van der Waals surface area contributed by atoms with Crippen molar-refractivity contribution in [3.05, 3.63) is 47.3 Å². The highest BCUT2D eigenvalue weighted by molar-refractivity contribution is 14.0. The minimum atomic E-state index is 0. The largest absolute Gasteiger partial charge is 0.488 e. The van der Waals surface area contributed by atoms with Crippen LogP contribution in [0.4, 0.5) is 0 Å². The van der Waals surface area contributed by atoms with Gasteiger partial charge in [0.05, 0.1) is 32.0 Å². The summed E-state index contributed by atoms with van der Waals surface area (Å²) in [6.45, 7) is 7.53. The van der Waals surface area contributed by atoms with Crippen LogP contribution in [0.5, 0.6) is 5.75 Å². The number of hydrogen-bond donors (Lipinski definition) is 3. The smallest absolute Gasteiger partial charge is 0.191 e. The van der Waals surface area contributed by atoms with Crippen LogP contribution < -0.4 is 15.4 Å². The molecular formula is C19H28IN5O2. The third-order valence-corrected chi connectivity index (χ3v) is 4.16. The van der Waals surface area contributed by atoms with Gasteiger partial charge in [0, 0.05) is 24.7 Å². The third kappa shape index (κ3) is 6.69. The van der Waals surface area contributed by atoms with Crippen molar-refractivity contribution in [2.24, 2.45) is 4.99 Å². The summed E-state index contributed by atoms with van der Waals surface area (Å²) in [4.78, 5) is 4.70. The van der Waals surface area contributed by atoms with Crippen molar-refractivity contribution in [1.29, 1.82) is 0 Å². The summed E-state index contributed by atoms with van der Waals surface area (Å²) in [5, 5.41) is 13.5. The lowest BCUT2D eigenvalue weighted by Crippen LogP contribution is -2.36. The Bertz CT molecular complexity index is 715. The second-order valence-corrected chi connectivity index (χ2v) is 6.35. The number of guanidine groups is 1. The van der Waals surface area contributed by atoms with Gasteiger partial charge >= 0.3 is 0 Å². The summed E-state index contributed by atoms with van der Waals surface area (Å²) < 4.78 is 11.6. The number of hydrogen-bond acceptors (Lipinski definition) is 4. The fourth-order valence-electron chi connectivity index (χ4n) is 2.76. The third-order valence-electron chi connectivity index (χ3n) is 4.16. The second kappa shape index (κ2) is 11.1. The Hall–Kier alpha value is -1.81. The van der Waals surface area contributed by atoms with E-state index in [0.29, 0.717) is 19.7 Å². The molecule has 1 fully saturated rings. The van der Waals surface area contributed by atoms with Gasteiger partial charge < -0.3 is 20.1 Å². The lowest BCUT2D eigenvalue weighted by molar-refractivity contribution is 0.140. The van der Waals surface area contributed by atoms with E-state index in [-0.39, 0.29) is 30.1 Å². The quantitative estimate of drug-likeness (QED) is 0.319. The van der Waals surface area contributed by atoms with E-state index in [2.05, 4.69) is 46.0 Å². The zero-order chi connectivity index (χ0) is 18.2. The van der Waals surface area contributed by atoms with E-state index < -0.39 is 0 Å². The number of H-pyrrole nitrogens is 1. The maximum Gasteiger partial charge on any atom is 0.191 e. The lowest BCUT2D eigenvalue weighted by atomic mass is 10.1. The van der Waals surface area contributed by atoms with Gasteiger partial charge in [-0.25, -0.2) is 4.99 Å². The molecule has 8 heteroatoms. The molecule has 1 aliphatic heterocycles. The number of nitrogens with one attached hydrogen (secondary N) is 3. The van der Waals surface area contributed by atoms with E-state index in [0.717, 1.165) is 42.5 Å². The number of aromatic amines is 1. The SMILES string of the molecule is CCNC(=NCc1ccc(C)cc1OC1CCOC1)NCc1ccn[nH]1.I. The summed E-state index contributed by atoms with van der Waals surface area (Å²) >= 11 is 0. The van der Waals surface area contributed by atoms with Crippen molar-refractivity contribution in [2.75, 3.05) is 19.8 Å². The molecule has 3 N–H and O–H groups in total. The summed E-state index contributed by atoms with van der Waals surface area (Å²) in [6, 6.07) is 8.19. The first-order valence-electron chi connectivity index (χ1n) is 9.09. The number of aryl methyl sites for hydroxylation is 1. The fourth-order valence-corrected chi connectivity index (χ4v) is 2.76. The number of aromatic nitrogens is 2. The van der Waals surface area contributed by atoms with Crippen molar-refractivity contribution in [3.8, 4) is 5.75 Å². The Morgan fingerprint density at radius 3 is 2.96 bits per heavy atom. The zero-order valence-electron chi connectivity index (χ0n) is 15.8. The van der Waals surface area contributed by atoms with Gasteiger partial charge in [0.2, 0.25) is 0 Å². The molecule has 0 saturated carbocycles. The van der Waals surface area contributed by atoms with Gasteiger partial charge in [0.15, 0.2) is 5.96 Å². The molecule has 0 bridgehead atoms. The number of nitrogens with zero attached hydrogens (tertiary/aromatic N) is 2. The molecule has 2 heterocycles. The highest BCUT2D eigenvalue weighted by Gasteiger charge is 2.18. The standard InChI is InChI=1S/C19H27N5O2.HI/c1-3-20-19(22-12-16-6-8-23-24-16)21-11-15-5-4-14(2)10-18(15)26-17-7-9-25-13-17;/h4-6,8,10,17H,3,7,9,11-13H2,1-2H3,(H,23,24)(H2,20,21,22);1H. The maximum atomic E-state index is 6.15. The molecule has 1 atom stereocenters. The van der Waals surface area contributed by atoms with Crippen LogP contribution in [0, 0.1) is 6.92 Å². The molecule has 3 rings (SSSR count). The topological polar surface area (TPSA) is 83.6 Å². The van der Waals surface area contributed by atoms with Gasteiger partial charge in [-0.15, -0.1) is 24.0 Å². The Balaban J connectivity index is 0.00000261. The number of benzene rings is 1. The van der Waals surface area contributed by atoms with Crippen molar-refractivity contribution in [3.63, 3.8) is 0 Å². The highest BCUT2D eigenvalue weighted by Crippen LogP contribution is 2.24. The molecule has 0 aliphatic carbocycles. The van der Waals surface area contributed by atoms with Crippen LogP contribution in [-0.2, 0) is 17.8 Å². The predicted molar refractivity (Wildman–Crippen MR) is 117 cm³/mol. The number of rotatable bonds is 7. The first-order chi connectivity index (χ1) is 12.7. The number of aliphatic imine (C=N–C) groups is 1. The second-order valence-electron chi connectivity index (χ2n) is 6.35. The molecule has 0 radical (unpaired) electrons. The molecule has 7 nitrogen and oxygen atoms in total. The van der Waals surface area contributed by atoms with Gasteiger partial charge in [0.25, 0.3) is 0 Å². The van der Waals surface area contributed by atoms with Crippen LogP contribution in [0.25, 0.3) is 0 Å². The van der Waals surface area contributed by atoms with Crippen LogP contribution in [-0.4, -0.2) is 42.0 Å². The Morgan fingerprint density at radius 2 is 2.26 bits per heavy atom. The average molecular weight is 485 g/mol. The molecule has 0 amide bonds. The summed E-state index contributed by atoms with van der Waals surface area (Å²) in [6.07, 6.45) is 2.81. The molecule has 1 aromatic heterocycles. The summed E-state index contributed by atoms with van der Waals surface area (Å²) in [7, 11) is 0. The molecule has 1 saturated heterocycles. The van der Waals surface area contributed by atoms with Gasteiger partial charge in [-0.2, -0.15) is 5.10 Å². The first kappa shape index (κ1) is 21.5. The highest BCUT2D eigenvalue weighted by atomic mass is 127. The van der Waals surface area contributed by atoms with Gasteiger partial charge in [-0.05, 0) is 31.5 Å². The molecule has 1 unspecified atom stereocenters. The van der Waals surface area contributed by atoms with Crippen molar-refractivity contribution in [1.82, 2.24) is 20.8 Å². The van der Waals surface area contributed by atoms with Crippen molar-refractivity contribution >= 4 is 29.9 Å². The number of ether oxygens (including phenoxy) is 2. The Labute approximate surface area is 177 Å². The van der Waals surface area contributed by atoms with E-state index in [1.54, 1.807) is 6.20 Å². The van der Waals surface area contributed by atoms with E-state index in [4.69, 9.17) is 14.5 Å². The average Bonchev–Trinajstić information content (AvgIpc) is 3.32. The van der Waals surface area contributed by atoms with E-state index in [1.807, 2.05) is 13.0 Å². The number of halogens is 1. The van der Waals surface area contributed by atoms with E-state index >= 15 is 0 Å². The van der Waals surface area contributed by atoms with Gasteiger partial charge in [-0.1, -0.05) is 12.1 Å². The van der Waals surface area contributed by atoms with Crippen LogP contribution in [0.3, 0.4) is 0 Å². The van der Waals surface area contributed by atoms with E-state index in [1.165, 1.54) is 5.56 Å². The predicted octanol–water partition coefficient (Wildman–Crippen LogP) is 2.76. The van der Waals surface area contributed by atoms with Crippen molar-refractivity contribution < 1.29 is 9.47 Å². The zero-order valence-corrected chi connectivity index (χ0v) is 18.2. The van der Waals surface area contributed by atoms with Crippen LogP contribution in [0.1, 0.15) is 30.2 Å². The molecule has 2 aromatic rings. The molecule has 0 spiro atoms. The normalized spacial score (nSPS) is 16.7. The monoisotopic (exact) mass is 485 g/mol. The first-order valence-corrected chi connectivity index (χ1v) is 9.09. The van der Waals surface area contributed by atoms with Gasteiger partial charge in [0.1, 0.15) is 11.9 Å². The van der Waals surface area contributed by atoms with Crippen LogP contribution in [0.2, 0.25) is 0 Å². The Morgan fingerprint density at radius 1 is 1.37 bits per heavy atom.